The van der Waals surface area contributed by atoms with Crippen LogP contribution in [0.25, 0.3) is 11.1 Å². The Morgan fingerprint density at radius 1 is 1.31 bits per heavy atom. The lowest BCUT2D eigenvalue weighted by molar-refractivity contribution is 0.471. The molecule has 0 saturated heterocycles. The molecule has 0 aliphatic carbocycles. The van der Waals surface area contributed by atoms with Crippen molar-refractivity contribution in [1.29, 1.82) is 0 Å². The highest BCUT2D eigenvalue weighted by molar-refractivity contribution is 5.64. The van der Waals surface area contributed by atoms with Crippen molar-refractivity contribution in [2.24, 2.45) is 0 Å². The molecule has 0 bridgehead atoms. The smallest absolute Gasteiger partial charge is 0.118 e. The van der Waals surface area contributed by atoms with Crippen LogP contribution in [-0.2, 0) is 6.54 Å². The van der Waals surface area contributed by atoms with E-state index in [-0.39, 0.29) is 0 Å². The summed E-state index contributed by atoms with van der Waals surface area (Å²) in [7, 11) is 0. The molecule has 0 unspecified atom stereocenters. The van der Waals surface area contributed by atoms with Crippen molar-refractivity contribution in [3.63, 3.8) is 0 Å². The van der Waals surface area contributed by atoms with E-state index < -0.39 is 0 Å². The van der Waals surface area contributed by atoms with Crippen LogP contribution in [0.5, 0.6) is 5.75 Å². The highest BCUT2D eigenvalue weighted by atomic mass is 16.3. The number of aryl methyl sites for hydroxylation is 2. The van der Waals surface area contributed by atoms with Gasteiger partial charge in [-0.3, -0.25) is 4.68 Å². The van der Waals surface area contributed by atoms with Gasteiger partial charge in [0.25, 0.3) is 0 Å². The van der Waals surface area contributed by atoms with E-state index in [1.165, 1.54) is 0 Å². The molecule has 0 radical (unpaired) electrons. The molecule has 0 aliphatic heterocycles. The molecule has 2 rings (SSSR count). The highest BCUT2D eigenvalue weighted by Gasteiger charge is 2.03. The summed E-state index contributed by atoms with van der Waals surface area (Å²) in [5, 5.41) is 13.7. The lowest BCUT2D eigenvalue weighted by Crippen LogP contribution is -1.95. The van der Waals surface area contributed by atoms with Crippen LogP contribution in [0.3, 0.4) is 0 Å². The molecule has 0 saturated carbocycles. The van der Waals surface area contributed by atoms with E-state index in [4.69, 9.17) is 0 Å². The summed E-state index contributed by atoms with van der Waals surface area (Å²) in [6.45, 7) is 4.97. The van der Waals surface area contributed by atoms with Crippen molar-refractivity contribution in [3.8, 4) is 16.9 Å². The number of nitrogens with zero attached hydrogens (tertiary/aromatic N) is 2. The molecule has 3 heteroatoms. The number of aromatic hydroxyl groups is 1. The molecule has 16 heavy (non-hydrogen) atoms. The third-order valence-electron chi connectivity index (χ3n) is 2.62. The van der Waals surface area contributed by atoms with Gasteiger partial charge in [-0.05, 0) is 36.6 Å². The average Bonchev–Trinajstić information content (AvgIpc) is 2.71. The van der Waals surface area contributed by atoms with Crippen molar-refractivity contribution in [1.82, 2.24) is 9.78 Å². The normalized spacial score (nSPS) is 10.6. The second-order valence-electron chi connectivity index (χ2n) is 3.99. The summed E-state index contributed by atoms with van der Waals surface area (Å²) in [5.74, 6) is 0.338. The van der Waals surface area contributed by atoms with Crippen LogP contribution < -0.4 is 0 Å². The fourth-order valence-electron chi connectivity index (χ4n) is 1.70. The maximum Gasteiger partial charge on any atom is 0.118 e. The Morgan fingerprint density at radius 2 is 2.12 bits per heavy atom. The number of hydrogen-bond donors (Lipinski definition) is 1. The van der Waals surface area contributed by atoms with Gasteiger partial charge in [0.05, 0.1) is 6.20 Å². The fraction of sp³-hybridized carbons (Fsp3) is 0.308. The fourth-order valence-corrected chi connectivity index (χ4v) is 1.70. The molecule has 0 amide bonds. The van der Waals surface area contributed by atoms with Crippen molar-refractivity contribution in [3.05, 3.63) is 36.2 Å². The first-order chi connectivity index (χ1) is 7.70. The Hall–Kier alpha value is -1.77. The molecule has 1 heterocycles. The molecule has 0 fully saturated rings. The number of aromatic nitrogens is 2. The molecular weight excluding hydrogens is 200 g/mol. The standard InChI is InChI=1S/C13H16N2O/c1-3-6-15-9-12(8-14-15)11-4-5-13(16)10(2)7-11/h4-5,7-9,16H,3,6H2,1-2H3. The Labute approximate surface area is 95.3 Å². The molecule has 1 N–H and O–H groups in total. The van der Waals surface area contributed by atoms with E-state index in [1.54, 1.807) is 6.07 Å². The largest absolute Gasteiger partial charge is 0.508 e. The summed E-state index contributed by atoms with van der Waals surface area (Å²) in [5.41, 5.74) is 3.08. The maximum absolute atomic E-state index is 9.46. The van der Waals surface area contributed by atoms with Crippen LogP contribution in [0.4, 0.5) is 0 Å². The molecule has 1 aromatic heterocycles. The van der Waals surface area contributed by atoms with Gasteiger partial charge in [0, 0.05) is 18.3 Å². The van der Waals surface area contributed by atoms with Crippen molar-refractivity contribution in [2.45, 2.75) is 26.8 Å². The van der Waals surface area contributed by atoms with Gasteiger partial charge in [0.1, 0.15) is 5.75 Å². The molecule has 0 aliphatic rings. The monoisotopic (exact) mass is 216 g/mol. The Morgan fingerprint density at radius 3 is 2.81 bits per heavy atom. The van der Waals surface area contributed by atoms with Gasteiger partial charge in [-0.15, -0.1) is 0 Å². The van der Waals surface area contributed by atoms with E-state index in [2.05, 4.69) is 12.0 Å². The Bertz CT molecular complexity index is 488. The zero-order chi connectivity index (χ0) is 11.5. The maximum atomic E-state index is 9.46. The average molecular weight is 216 g/mol. The second-order valence-corrected chi connectivity index (χ2v) is 3.99. The van der Waals surface area contributed by atoms with Gasteiger partial charge in [0.2, 0.25) is 0 Å². The van der Waals surface area contributed by atoms with Crippen molar-refractivity contribution in [2.75, 3.05) is 0 Å². The van der Waals surface area contributed by atoms with E-state index in [0.29, 0.717) is 5.75 Å². The second kappa shape index (κ2) is 4.39. The number of hydrogen-bond acceptors (Lipinski definition) is 2. The van der Waals surface area contributed by atoms with Gasteiger partial charge < -0.3 is 5.11 Å². The molecule has 0 spiro atoms. The first kappa shape index (κ1) is 10.7. The van der Waals surface area contributed by atoms with Crippen LogP contribution >= 0.6 is 0 Å². The third-order valence-corrected chi connectivity index (χ3v) is 2.62. The zero-order valence-corrected chi connectivity index (χ0v) is 9.64. The summed E-state index contributed by atoms with van der Waals surface area (Å²) < 4.78 is 1.94. The molecule has 1 aromatic carbocycles. The minimum atomic E-state index is 0.338. The molecule has 3 nitrogen and oxygen atoms in total. The number of benzene rings is 1. The van der Waals surface area contributed by atoms with Crippen LogP contribution in [-0.4, -0.2) is 14.9 Å². The van der Waals surface area contributed by atoms with Crippen molar-refractivity contribution >= 4 is 0 Å². The first-order valence-electron chi connectivity index (χ1n) is 5.53. The summed E-state index contributed by atoms with van der Waals surface area (Å²) in [6.07, 6.45) is 4.98. The van der Waals surface area contributed by atoms with Crippen LogP contribution in [0.15, 0.2) is 30.6 Å². The summed E-state index contributed by atoms with van der Waals surface area (Å²) in [4.78, 5) is 0. The summed E-state index contributed by atoms with van der Waals surface area (Å²) in [6, 6.07) is 5.61. The van der Waals surface area contributed by atoms with E-state index in [0.717, 1.165) is 29.7 Å². The number of phenols is 1. The lowest BCUT2D eigenvalue weighted by Gasteiger charge is -2.01. The minimum Gasteiger partial charge on any atom is -0.508 e. The van der Waals surface area contributed by atoms with Crippen LogP contribution in [0.2, 0.25) is 0 Å². The van der Waals surface area contributed by atoms with Crippen LogP contribution in [0.1, 0.15) is 18.9 Å². The first-order valence-corrected chi connectivity index (χ1v) is 5.53. The topological polar surface area (TPSA) is 38.0 Å². The third kappa shape index (κ3) is 2.08. The van der Waals surface area contributed by atoms with Gasteiger partial charge in [0.15, 0.2) is 0 Å². The molecular formula is C13H16N2O. The molecule has 0 atom stereocenters. The predicted molar refractivity (Wildman–Crippen MR) is 64.4 cm³/mol. The van der Waals surface area contributed by atoms with Gasteiger partial charge in [-0.25, -0.2) is 0 Å². The molecule has 2 aromatic rings. The quantitative estimate of drug-likeness (QED) is 0.856. The van der Waals surface area contributed by atoms with E-state index in [1.807, 2.05) is 36.1 Å². The molecule has 84 valence electrons. The van der Waals surface area contributed by atoms with Gasteiger partial charge in [-0.2, -0.15) is 5.10 Å². The van der Waals surface area contributed by atoms with Crippen LogP contribution in [0, 0.1) is 6.92 Å². The Balaban J connectivity index is 2.31. The van der Waals surface area contributed by atoms with Crippen molar-refractivity contribution < 1.29 is 5.11 Å². The van der Waals surface area contributed by atoms with Gasteiger partial charge >= 0.3 is 0 Å². The SMILES string of the molecule is CCCn1cc(-c2ccc(O)c(C)c2)cn1. The van der Waals surface area contributed by atoms with E-state index in [9.17, 15) is 5.11 Å². The van der Waals surface area contributed by atoms with Gasteiger partial charge in [-0.1, -0.05) is 13.0 Å². The predicted octanol–water partition coefficient (Wildman–Crippen LogP) is 2.97. The lowest BCUT2D eigenvalue weighted by atomic mass is 10.1. The highest BCUT2D eigenvalue weighted by Crippen LogP contribution is 2.24. The van der Waals surface area contributed by atoms with E-state index >= 15 is 0 Å². The summed E-state index contributed by atoms with van der Waals surface area (Å²) >= 11 is 0. The number of phenolic OH excluding ortho intramolecular Hbond substituents is 1. The minimum absolute atomic E-state index is 0.338. The zero-order valence-electron chi connectivity index (χ0n) is 9.64. The number of rotatable bonds is 3. The Kier molecular flexibility index (Phi) is 2.95.